The van der Waals surface area contributed by atoms with Crippen LogP contribution in [0.25, 0.3) is 0 Å². The Kier molecular flexibility index (Phi) is 5.20. The van der Waals surface area contributed by atoms with Crippen molar-refractivity contribution in [2.24, 2.45) is 5.41 Å². The lowest BCUT2D eigenvalue weighted by Crippen LogP contribution is -2.57. The van der Waals surface area contributed by atoms with Crippen LogP contribution in [-0.4, -0.2) is 40.4 Å². The molecule has 3 rings (SSSR count). The number of carboxylic acids is 1. The van der Waals surface area contributed by atoms with Crippen LogP contribution in [0.5, 0.6) is 0 Å². The van der Waals surface area contributed by atoms with Crippen molar-refractivity contribution in [3.8, 4) is 0 Å². The highest BCUT2D eigenvalue weighted by molar-refractivity contribution is 5.77. The Morgan fingerprint density at radius 3 is 2.70 bits per heavy atom. The molecule has 144 valence electrons. The zero-order chi connectivity index (χ0) is 19.8. The first kappa shape index (κ1) is 19.3. The molecule has 0 bridgehead atoms. The van der Waals surface area contributed by atoms with Crippen LogP contribution in [0.15, 0.2) is 30.3 Å². The highest BCUT2D eigenvalue weighted by Crippen LogP contribution is 2.36. The van der Waals surface area contributed by atoms with E-state index in [0.717, 1.165) is 16.8 Å². The number of hydrogen-bond donors (Lipinski definition) is 2. The molecule has 0 saturated carbocycles. The number of hydrogen-bond acceptors (Lipinski definition) is 4. The van der Waals surface area contributed by atoms with E-state index in [-0.39, 0.29) is 13.0 Å². The summed E-state index contributed by atoms with van der Waals surface area (Å²) in [5.74, 6) is -0.779. The molecule has 1 aromatic carbocycles. The predicted octanol–water partition coefficient (Wildman–Crippen LogP) is 3.03. The number of aliphatic hydroxyl groups is 1. The molecule has 1 fully saturated rings. The van der Waals surface area contributed by atoms with Crippen molar-refractivity contribution in [3.05, 3.63) is 58.5 Å². The number of rotatable bonds is 4. The van der Waals surface area contributed by atoms with Crippen LogP contribution in [-0.2, 0) is 11.2 Å². The average Bonchev–Trinajstić information content (AvgIpc) is 2.61. The number of aliphatic hydroxyl groups excluding tert-OH is 1. The van der Waals surface area contributed by atoms with E-state index >= 15 is 0 Å². The Labute approximate surface area is 158 Å². The van der Waals surface area contributed by atoms with E-state index in [4.69, 9.17) is 0 Å². The van der Waals surface area contributed by atoms with E-state index in [1.807, 2.05) is 31.7 Å². The molecule has 0 spiro atoms. The normalized spacial score (nSPS) is 22.7. The van der Waals surface area contributed by atoms with Crippen molar-refractivity contribution >= 4 is 11.8 Å². The van der Waals surface area contributed by atoms with Gasteiger partial charge in [-0.2, -0.15) is 0 Å². The van der Waals surface area contributed by atoms with Crippen LogP contribution in [0.4, 0.5) is 10.2 Å². The Hall–Kier alpha value is -2.47. The van der Waals surface area contributed by atoms with Crippen LogP contribution in [0, 0.1) is 32.0 Å². The molecular formula is C21H25FN2O3. The molecule has 0 aliphatic carbocycles. The van der Waals surface area contributed by atoms with Gasteiger partial charge >= 0.3 is 5.97 Å². The fraction of sp³-hybridized carbons (Fsp3) is 0.429. The van der Waals surface area contributed by atoms with Gasteiger partial charge in [0.05, 0.1) is 6.10 Å². The number of nitrogens with zero attached hydrogens (tertiary/aromatic N) is 2. The Bertz CT molecular complexity index is 847. The van der Waals surface area contributed by atoms with Gasteiger partial charge in [0.1, 0.15) is 17.1 Å². The van der Waals surface area contributed by atoms with Crippen LogP contribution < -0.4 is 4.90 Å². The molecule has 5 nitrogen and oxygen atoms in total. The summed E-state index contributed by atoms with van der Waals surface area (Å²) in [4.78, 5) is 18.8. The third-order valence-electron chi connectivity index (χ3n) is 5.70. The summed E-state index contributed by atoms with van der Waals surface area (Å²) >= 11 is 0. The van der Waals surface area contributed by atoms with E-state index in [2.05, 4.69) is 4.98 Å². The molecule has 0 unspecified atom stereocenters. The van der Waals surface area contributed by atoms with E-state index in [1.54, 1.807) is 12.1 Å². The molecule has 1 aliphatic heterocycles. The number of aliphatic carboxylic acids is 1. The highest BCUT2D eigenvalue weighted by atomic mass is 19.1. The number of carbonyl (C=O) groups is 1. The lowest BCUT2D eigenvalue weighted by atomic mass is 9.73. The Morgan fingerprint density at radius 2 is 2.07 bits per heavy atom. The molecule has 1 aliphatic rings. The molecule has 1 saturated heterocycles. The van der Waals surface area contributed by atoms with Gasteiger partial charge in [0.25, 0.3) is 0 Å². The summed E-state index contributed by atoms with van der Waals surface area (Å²) < 4.78 is 13.6. The zero-order valence-electron chi connectivity index (χ0n) is 15.9. The van der Waals surface area contributed by atoms with Crippen molar-refractivity contribution < 1.29 is 19.4 Å². The lowest BCUT2D eigenvalue weighted by Gasteiger charge is -2.44. The summed E-state index contributed by atoms with van der Waals surface area (Å²) in [5, 5.41) is 20.6. The van der Waals surface area contributed by atoms with Gasteiger partial charge in [0.15, 0.2) is 0 Å². The van der Waals surface area contributed by atoms with Crippen LogP contribution in [0.1, 0.15) is 28.8 Å². The average molecular weight is 372 g/mol. The molecule has 2 N–H and O–H groups in total. The van der Waals surface area contributed by atoms with Gasteiger partial charge in [0.2, 0.25) is 0 Å². The number of benzene rings is 1. The maximum atomic E-state index is 13.6. The second-order valence-electron chi connectivity index (χ2n) is 7.50. The SMILES string of the molecule is Cc1cc(N2CC[C@H](O)[C@](Cc3cccc(F)c3)(C(=O)O)C2)nc(C)c1C. The zero-order valence-corrected chi connectivity index (χ0v) is 15.9. The molecular weight excluding hydrogens is 347 g/mol. The summed E-state index contributed by atoms with van der Waals surface area (Å²) in [7, 11) is 0. The van der Waals surface area contributed by atoms with Gasteiger partial charge in [-0.1, -0.05) is 12.1 Å². The van der Waals surface area contributed by atoms with Crippen LogP contribution in [0.3, 0.4) is 0 Å². The first-order chi connectivity index (χ1) is 12.7. The maximum Gasteiger partial charge on any atom is 0.314 e. The standard InChI is InChI=1S/C21H25FN2O3/c1-13-9-19(23-15(3)14(13)2)24-8-7-18(25)21(12-24,20(26)27)11-16-5-4-6-17(22)10-16/h4-6,9-10,18,25H,7-8,11-12H2,1-3H3,(H,26,27)/t18-,21+/m0/s1. The first-order valence-electron chi connectivity index (χ1n) is 9.08. The van der Waals surface area contributed by atoms with E-state index in [9.17, 15) is 19.4 Å². The predicted molar refractivity (Wildman–Crippen MR) is 101 cm³/mol. The monoisotopic (exact) mass is 372 g/mol. The summed E-state index contributed by atoms with van der Waals surface area (Å²) in [5.41, 5.74) is 2.25. The third kappa shape index (κ3) is 3.67. The Balaban J connectivity index is 1.97. The molecule has 6 heteroatoms. The second kappa shape index (κ2) is 7.27. The molecule has 2 atom stereocenters. The number of piperidine rings is 1. The number of halogens is 1. The van der Waals surface area contributed by atoms with Gasteiger partial charge in [-0.3, -0.25) is 4.79 Å². The van der Waals surface area contributed by atoms with E-state index in [0.29, 0.717) is 24.3 Å². The minimum Gasteiger partial charge on any atom is -0.481 e. The second-order valence-corrected chi connectivity index (χ2v) is 7.50. The third-order valence-corrected chi connectivity index (χ3v) is 5.70. The van der Waals surface area contributed by atoms with Gasteiger partial charge in [-0.15, -0.1) is 0 Å². The molecule has 27 heavy (non-hydrogen) atoms. The van der Waals surface area contributed by atoms with Crippen molar-refractivity contribution in [1.29, 1.82) is 0 Å². The van der Waals surface area contributed by atoms with Crippen molar-refractivity contribution in [1.82, 2.24) is 4.98 Å². The molecule has 0 radical (unpaired) electrons. The first-order valence-corrected chi connectivity index (χ1v) is 9.08. The molecule has 1 aromatic heterocycles. The number of carboxylic acid groups (broad SMARTS) is 1. The molecule has 2 aromatic rings. The summed E-state index contributed by atoms with van der Waals surface area (Å²) in [6, 6.07) is 7.85. The van der Waals surface area contributed by atoms with Gasteiger partial charge in [-0.25, -0.2) is 9.37 Å². The summed E-state index contributed by atoms with van der Waals surface area (Å²) in [6.07, 6.45) is -0.640. The maximum absolute atomic E-state index is 13.6. The Morgan fingerprint density at radius 1 is 1.33 bits per heavy atom. The van der Waals surface area contributed by atoms with E-state index < -0.39 is 23.3 Å². The topological polar surface area (TPSA) is 73.7 Å². The fourth-order valence-electron chi connectivity index (χ4n) is 3.78. The quantitative estimate of drug-likeness (QED) is 0.863. The number of aryl methyl sites for hydroxylation is 2. The van der Waals surface area contributed by atoms with Crippen molar-refractivity contribution in [2.75, 3.05) is 18.0 Å². The summed E-state index contributed by atoms with van der Waals surface area (Å²) in [6.45, 7) is 6.58. The van der Waals surface area contributed by atoms with Gasteiger partial charge in [0, 0.05) is 18.8 Å². The molecule has 0 amide bonds. The smallest absolute Gasteiger partial charge is 0.314 e. The number of aromatic nitrogens is 1. The van der Waals surface area contributed by atoms with Gasteiger partial charge in [-0.05, 0) is 68.5 Å². The van der Waals surface area contributed by atoms with Crippen LogP contribution >= 0.6 is 0 Å². The van der Waals surface area contributed by atoms with E-state index in [1.165, 1.54) is 12.1 Å². The minimum absolute atomic E-state index is 0.0571. The van der Waals surface area contributed by atoms with Crippen LogP contribution in [0.2, 0.25) is 0 Å². The molecule has 2 heterocycles. The number of anilines is 1. The van der Waals surface area contributed by atoms with Crippen molar-refractivity contribution in [3.63, 3.8) is 0 Å². The lowest BCUT2D eigenvalue weighted by molar-refractivity contribution is -0.157. The van der Waals surface area contributed by atoms with Crippen molar-refractivity contribution in [2.45, 2.75) is 39.7 Å². The van der Waals surface area contributed by atoms with Gasteiger partial charge < -0.3 is 15.1 Å². The fourth-order valence-corrected chi connectivity index (χ4v) is 3.78. The largest absolute Gasteiger partial charge is 0.481 e. The number of pyridine rings is 1. The highest BCUT2D eigenvalue weighted by Gasteiger charge is 2.49. The minimum atomic E-state index is -1.42.